The molecule has 10 nitrogen and oxygen atoms in total. The lowest BCUT2D eigenvalue weighted by atomic mass is 10.1. The molecule has 0 atom stereocenters. The largest absolute Gasteiger partial charge is 0.453 e. The minimum Gasteiger partial charge on any atom is -0.453 e. The summed E-state index contributed by atoms with van der Waals surface area (Å²) in [6.07, 6.45) is 0.745. The number of nitrogens with zero attached hydrogens (tertiary/aromatic N) is 2. The molecule has 11 heteroatoms. The fourth-order valence-corrected chi connectivity index (χ4v) is 4.12. The van der Waals surface area contributed by atoms with E-state index in [0.29, 0.717) is 31.6 Å². The molecule has 1 heterocycles. The summed E-state index contributed by atoms with van der Waals surface area (Å²) in [4.78, 5) is 36.4. The van der Waals surface area contributed by atoms with Gasteiger partial charge in [-0.05, 0) is 37.1 Å². The van der Waals surface area contributed by atoms with E-state index in [4.69, 9.17) is 0 Å². The molecule has 160 valence electrons. The zero-order chi connectivity index (χ0) is 21.6. The van der Waals surface area contributed by atoms with Crippen molar-refractivity contribution < 1.29 is 27.5 Å². The summed E-state index contributed by atoms with van der Waals surface area (Å²) in [6, 6.07) is 5.58. The molecule has 1 aliphatic rings. The van der Waals surface area contributed by atoms with Crippen molar-refractivity contribution in [2.45, 2.75) is 30.7 Å². The molecular formula is C18H26N4O6S. The van der Waals surface area contributed by atoms with Crippen LogP contribution in [-0.2, 0) is 24.3 Å². The lowest BCUT2D eigenvalue weighted by Gasteiger charge is -2.31. The van der Waals surface area contributed by atoms with Crippen LogP contribution in [0, 0.1) is 0 Å². The lowest BCUT2D eigenvalue weighted by molar-refractivity contribution is -0.122. The number of sulfonamides is 1. The van der Waals surface area contributed by atoms with Crippen molar-refractivity contribution >= 4 is 33.6 Å². The van der Waals surface area contributed by atoms with Gasteiger partial charge in [0.25, 0.3) is 0 Å². The van der Waals surface area contributed by atoms with Gasteiger partial charge in [-0.2, -0.15) is 4.31 Å². The summed E-state index contributed by atoms with van der Waals surface area (Å²) in [6.45, 7) is 1.96. The number of rotatable bonds is 6. The van der Waals surface area contributed by atoms with Crippen LogP contribution in [-0.4, -0.2) is 75.4 Å². The van der Waals surface area contributed by atoms with Gasteiger partial charge in [0.1, 0.15) is 0 Å². The van der Waals surface area contributed by atoms with Crippen LogP contribution in [0.3, 0.4) is 0 Å². The number of amides is 3. The monoisotopic (exact) mass is 426 g/mol. The highest BCUT2D eigenvalue weighted by Gasteiger charge is 2.27. The van der Waals surface area contributed by atoms with Crippen LogP contribution < -0.4 is 10.6 Å². The van der Waals surface area contributed by atoms with E-state index in [-0.39, 0.29) is 23.4 Å². The fraction of sp³-hybridized carbons (Fsp3) is 0.500. The molecule has 2 N–H and O–H groups in total. The molecule has 0 aliphatic carbocycles. The second-order valence-electron chi connectivity index (χ2n) is 6.77. The van der Waals surface area contributed by atoms with Gasteiger partial charge in [0.2, 0.25) is 21.8 Å². The summed E-state index contributed by atoms with van der Waals surface area (Å²) in [5, 5.41) is 5.37. The van der Waals surface area contributed by atoms with Crippen molar-refractivity contribution in [1.82, 2.24) is 14.5 Å². The standard InChI is InChI=1S/C18H26N4O6S/c1-13(23)19-14-4-6-16(7-5-14)29(26,27)21(2)12-17(24)20-15-8-10-22(11-9-15)18(25)28-3/h4-7,15H,8-12H2,1-3H3,(H,19,23)(H,20,24). The summed E-state index contributed by atoms with van der Waals surface area (Å²) in [5.74, 6) is -0.672. The Kier molecular flexibility index (Phi) is 7.57. The van der Waals surface area contributed by atoms with Crippen LogP contribution in [0.5, 0.6) is 0 Å². The number of piperidine rings is 1. The number of carbonyl (C=O) groups is 3. The average molecular weight is 426 g/mol. The third kappa shape index (κ3) is 6.16. The first-order valence-electron chi connectivity index (χ1n) is 9.09. The van der Waals surface area contributed by atoms with E-state index in [1.54, 1.807) is 4.90 Å². The van der Waals surface area contributed by atoms with Crippen molar-refractivity contribution in [1.29, 1.82) is 0 Å². The van der Waals surface area contributed by atoms with Crippen LogP contribution >= 0.6 is 0 Å². The molecular weight excluding hydrogens is 400 g/mol. The van der Waals surface area contributed by atoms with Gasteiger partial charge in [-0.25, -0.2) is 13.2 Å². The number of methoxy groups -OCH3 is 1. The van der Waals surface area contributed by atoms with E-state index in [1.807, 2.05) is 0 Å². The van der Waals surface area contributed by atoms with E-state index in [0.717, 1.165) is 4.31 Å². The number of nitrogens with one attached hydrogen (secondary N) is 2. The molecule has 1 saturated heterocycles. The highest BCUT2D eigenvalue weighted by Crippen LogP contribution is 2.18. The number of anilines is 1. The van der Waals surface area contributed by atoms with E-state index in [9.17, 15) is 22.8 Å². The van der Waals surface area contributed by atoms with Gasteiger partial charge in [-0.1, -0.05) is 0 Å². The number of likely N-dealkylation sites (tertiary alicyclic amines) is 1. The van der Waals surface area contributed by atoms with Gasteiger partial charge in [0, 0.05) is 38.8 Å². The van der Waals surface area contributed by atoms with Gasteiger partial charge in [-0.3, -0.25) is 9.59 Å². The molecule has 0 spiro atoms. The molecule has 0 saturated carbocycles. The predicted molar refractivity (Wildman–Crippen MR) is 106 cm³/mol. The van der Waals surface area contributed by atoms with Crippen molar-refractivity contribution in [3.63, 3.8) is 0 Å². The molecule has 1 aliphatic heterocycles. The maximum atomic E-state index is 12.6. The number of hydrogen-bond donors (Lipinski definition) is 2. The Morgan fingerprint density at radius 1 is 1.17 bits per heavy atom. The topological polar surface area (TPSA) is 125 Å². The molecule has 0 radical (unpaired) electrons. The molecule has 1 fully saturated rings. The highest BCUT2D eigenvalue weighted by molar-refractivity contribution is 7.89. The van der Waals surface area contributed by atoms with Crippen molar-refractivity contribution in [2.24, 2.45) is 0 Å². The van der Waals surface area contributed by atoms with Crippen LogP contribution in [0.1, 0.15) is 19.8 Å². The Bertz CT molecular complexity index is 848. The van der Waals surface area contributed by atoms with E-state index in [1.165, 1.54) is 45.3 Å². The lowest BCUT2D eigenvalue weighted by Crippen LogP contribution is -2.48. The van der Waals surface area contributed by atoms with Gasteiger partial charge in [0.05, 0.1) is 18.6 Å². The van der Waals surface area contributed by atoms with Crippen LogP contribution in [0.25, 0.3) is 0 Å². The van der Waals surface area contributed by atoms with Crippen molar-refractivity contribution in [3.8, 4) is 0 Å². The first kappa shape index (κ1) is 22.6. The Morgan fingerprint density at radius 2 is 1.76 bits per heavy atom. The Balaban J connectivity index is 1.90. The normalized spacial score (nSPS) is 15.1. The third-order valence-corrected chi connectivity index (χ3v) is 6.36. The smallest absolute Gasteiger partial charge is 0.409 e. The summed E-state index contributed by atoms with van der Waals surface area (Å²) < 4.78 is 30.9. The fourth-order valence-electron chi connectivity index (χ4n) is 2.99. The zero-order valence-corrected chi connectivity index (χ0v) is 17.5. The van der Waals surface area contributed by atoms with Crippen LogP contribution in [0.2, 0.25) is 0 Å². The number of hydrogen-bond acceptors (Lipinski definition) is 6. The molecule has 3 amide bonds. The second kappa shape index (κ2) is 9.70. The molecule has 29 heavy (non-hydrogen) atoms. The number of likely N-dealkylation sites (N-methyl/N-ethyl adjacent to an activating group) is 1. The molecule has 0 bridgehead atoms. The molecule has 0 unspecified atom stereocenters. The molecule has 1 aromatic carbocycles. The summed E-state index contributed by atoms with van der Waals surface area (Å²) in [5.41, 5.74) is 0.482. The quantitative estimate of drug-likeness (QED) is 0.687. The minimum absolute atomic E-state index is 0.0216. The average Bonchev–Trinajstić information content (AvgIpc) is 2.67. The van der Waals surface area contributed by atoms with Crippen LogP contribution in [0.4, 0.5) is 10.5 Å². The summed E-state index contributed by atoms with van der Waals surface area (Å²) >= 11 is 0. The van der Waals surface area contributed by atoms with E-state index < -0.39 is 22.0 Å². The molecule has 1 aromatic rings. The first-order chi connectivity index (χ1) is 13.6. The van der Waals surface area contributed by atoms with Crippen molar-refractivity contribution in [2.75, 3.05) is 39.1 Å². The van der Waals surface area contributed by atoms with Crippen LogP contribution in [0.15, 0.2) is 29.2 Å². The summed E-state index contributed by atoms with van der Waals surface area (Å²) in [7, 11) is -1.20. The van der Waals surface area contributed by atoms with Gasteiger partial charge in [0.15, 0.2) is 0 Å². The van der Waals surface area contributed by atoms with E-state index in [2.05, 4.69) is 15.4 Å². The molecule has 2 rings (SSSR count). The number of ether oxygens (including phenoxy) is 1. The van der Waals surface area contributed by atoms with Gasteiger partial charge >= 0.3 is 6.09 Å². The highest BCUT2D eigenvalue weighted by atomic mass is 32.2. The van der Waals surface area contributed by atoms with Gasteiger partial charge < -0.3 is 20.3 Å². The number of benzene rings is 1. The SMILES string of the molecule is COC(=O)N1CCC(NC(=O)CN(C)S(=O)(=O)c2ccc(NC(C)=O)cc2)CC1. The first-order valence-corrected chi connectivity index (χ1v) is 10.5. The Hall–Kier alpha value is -2.66. The van der Waals surface area contributed by atoms with Gasteiger partial charge in [-0.15, -0.1) is 0 Å². The third-order valence-electron chi connectivity index (χ3n) is 4.54. The maximum Gasteiger partial charge on any atom is 0.409 e. The predicted octanol–water partition coefficient (Wildman–Crippen LogP) is 0.613. The number of carbonyl (C=O) groups excluding carboxylic acids is 3. The maximum absolute atomic E-state index is 12.6. The Morgan fingerprint density at radius 3 is 2.28 bits per heavy atom. The minimum atomic E-state index is -3.85. The van der Waals surface area contributed by atoms with Crippen molar-refractivity contribution in [3.05, 3.63) is 24.3 Å². The molecule has 0 aromatic heterocycles. The second-order valence-corrected chi connectivity index (χ2v) is 8.81. The zero-order valence-electron chi connectivity index (χ0n) is 16.7. The van der Waals surface area contributed by atoms with E-state index >= 15 is 0 Å². The Labute approximate surface area is 170 Å².